The van der Waals surface area contributed by atoms with Gasteiger partial charge in [0.1, 0.15) is 5.76 Å². The van der Waals surface area contributed by atoms with Gasteiger partial charge in [0.2, 0.25) is 0 Å². The summed E-state index contributed by atoms with van der Waals surface area (Å²) in [4.78, 5) is 2.29. The van der Waals surface area contributed by atoms with Crippen molar-refractivity contribution in [1.82, 2.24) is 4.90 Å². The van der Waals surface area contributed by atoms with E-state index in [0.29, 0.717) is 13.0 Å². The molecular weight excluding hydrogens is 358 g/mol. The standard InChI is InChI=1S/C22H23NO3S/c24-27(25)15-13-20(17-27)23(16-21-12-7-14-26-21)22(18-8-3-1-4-9-18)19-10-5-2-6-11-19/h1-12,14,20,22H,13,15-17H2/t20-/m1/s1. The minimum atomic E-state index is -2.99. The molecule has 0 saturated carbocycles. The zero-order valence-corrected chi connectivity index (χ0v) is 15.9. The van der Waals surface area contributed by atoms with Crippen LogP contribution < -0.4 is 0 Å². The number of rotatable bonds is 6. The van der Waals surface area contributed by atoms with Crippen LogP contribution in [0.15, 0.2) is 83.5 Å². The van der Waals surface area contributed by atoms with E-state index in [2.05, 4.69) is 29.2 Å². The summed E-state index contributed by atoms with van der Waals surface area (Å²) in [5, 5.41) is 0. The van der Waals surface area contributed by atoms with Gasteiger partial charge < -0.3 is 4.42 Å². The number of benzene rings is 2. The SMILES string of the molecule is O=S1(=O)CC[C@@H](N(Cc2ccco2)C(c2ccccc2)c2ccccc2)C1. The molecule has 1 aliphatic heterocycles. The van der Waals surface area contributed by atoms with Crippen molar-refractivity contribution in [1.29, 1.82) is 0 Å². The molecule has 1 saturated heterocycles. The highest BCUT2D eigenvalue weighted by Crippen LogP contribution is 2.34. The van der Waals surface area contributed by atoms with Crippen molar-refractivity contribution in [2.24, 2.45) is 0 Å². The van der Waals surface area contributed by atoms with Crippen molar-refractivity contribution in [3.05, 3.63) is 95.9 Å². The zero-order valence-electron chi connectivity index (χ0n) is 15.1. The average Bonchev–Trinajstić information content (AvgIpc) is 3.32. The van der Waals surface area contributed by atoms with Gasteiger partial charge >= 0.3 is 0 Å². The van der Waals surface area contributed by atoms with Crippen LogP contribution in [0.2, 0.25) is 0 Å². The quantitative estimate of drug-likeness (QED) is 0.646. The van der Waals surface area contributed by atoms with Gasteiger partial charge in [-0.05, 0) is 29.7 Å². The molecule has 1 aliphatic rings. The Labute approximate surface area is 160 Å². The summed E-state index contributed by atoms with van der Waals surface area (Å²) in [6.45, 7) is 0.571. The Hall–Kier alpha value is -2.37. The molecule has 0 spiro atoms. The molecule has 4 rings (SSSR count). The zero-order chi connectivity index (χ0) is 18.7. The van der Waals surface area contributed by atoms with Crippen LogP contribution in [-0.4, -0.2) is 30.9 Å². The summed E-state index contributed by atoms with van der Waals surface area (Å²) in [5.74, 6) is 1.29. The molecule has 3 aromatic rings. The molecule has 140 valence electrons. The second-order valence-electron chi connectivity index (χ2n) is 7.03. The molecule has 5 heteroatoms. The molecule has 1 aromatic heterocycles. The van der Waals surface area contributed by atoms with E-state index < -0.39 is 9.84 Å². The van der Waals surface area contributed by atoms with Gasteiger partial charge in [0.15, 0.2) is 9.84 Å². The van der Waals surface area contributed by atoms with E-state index in [0.717, 1.165) is 16.9 Å². The number of furan rings is 1. The summed E-state index contributed by atoms with van der Waals surface area (Å²) in [5.41, 5.74) is 2.30. The molecule has 0 amide bonds. The Bertz CT molecular complexity index is 914. The molecule has 1 atom stereocenters. The van der Waals surface area contributed by atoms with Crippen molar-refractivity contribution < 1.29 is 12.8 Å². The van der Waals surface area contributed by atoms with Crippen molar-refractivity contribution in [2.45, 2.75) is 25.0 Å². The maximum absolute atomic E-state index is 12.2. The molecule has 0 radical (unpaired) electrons. The van der Waals surface area contributed by atoms with Gasteiger partial charge in [0.05, 0.1) is 30.4 Å². The van der Waals surface area contributed by atoms with E-state index in [1.54, 1.807) is 6.26 Å². The molecule has 1 fully saturated rings. The lowest BCUT2D eigenvalue weighted by atomic mass is 9.95. The van der Waals surface area contributed by atoms with Crippen molar-refractivity contribution in [3.8, 4) is 0 Å². The normalized spacial score (nSPS) is 19.0. The summed E-state index contributed by atoms with van der Waals surface area (Å²) in [7, 11) is -2.99. The second kappa shape index (κ2) is 7.71. The van der Waals surface area contributed by atoms with Crippen LogP contribution in [0.4, 0.5) is 0 Å². The Morgan fingerprint density at radius 1 is 0.926 bits per heavy atom. The maximum atomic E-state index is 12.2. The van der Waals surface area contributed by atoms with E-state index in [1.807, 2.05) is 48.5 Å². The minimum absolute atomic E-state index is 0.0317. The van der Waals surface area contributed by atoms with Crippen LogP contribution in [0.1, 0.15) is 29.3 Å². The minimum Gasteiger partial charge on any atom is -0.468 e. The monoisotopic (exact) mass is 381 g/mol. The predicted molar refractivity (Wildman–Crippen MR) is 106 cm³/mol. The number of nitrogens with zero attached hydrogens (tertiary/aromatic N) is 1. The van der Waals surface area contributed by atoms with Crippen LogP contribution in [-0.2, 0) is 16.4 Å². The number of hydrogen-bond acceptors (Lipinski definition) is 4. The third-order valence-corrected chi connectivity index (χ3v) is 6.91. The van der Waals surface area contributed by atoms with E-state index in [4.69, 9.17) is 4.42 Å². The topological polar surface area (TPSA) is 50.5 Å². The Morgan fingerprint density at radius 3 is 2.04 bits per heavy atom. The van der Waals surface area contributed by atoms with Crippen LogP contribution in [0.25, 0.3) is 0 Å². The first-order chi connectivity index (χ1) is 13.1. The van der Waals surface area contributed by atoms with Crippen LogP contribution in [0.3, 0.4) is 0 Å². The second-order valence-corrected chi connectivity index (χ2v) is 9.26. The van der Waals surface area contributed by atoms with Gasteiger partial charge in [-0.1, -0.05) is 60.7 Å². The van der Waals surface area contributed by atoms with Gasteiger partial charge in [-0.15, -0.1) is 0 Å². The van der Waals surface area contributed by atoms with Crippen LogP contribution >= 0.6 is 0 Å². The first-order valence-electron chi connectivity index (χ1n) is 9.21. The fraction of sp³-hybridized carbons (Fsp3) is 0.273. The smallest absolute Gasteiger partial charge is 0.151 e. The summed E-state index contributed by atoms with van der Waals surface area (Å²) < 4.78 is 30.0. The Morgan fingerprint density at radius 2 is 1.56 bits per heavy atom. The molecule has 0 aliphatic carbocycles. The lowest BCUT2D eigenvalue weighted by Crippen LogP contribution is -2.39. The molecule has 27 heavy (non-hydrogen) atoms. The highest BCUT2D eigenvalue weighted by molar-refractivity contribution is 7.91. The van der Waals surface area contributed by atoms with Gasteiger partial charge in [-0.3, -0.25) is 4.90 Å². The lowest BCUT2D eigenvalue weighted by molar-refractivity contribution is 0.148. The predicted octanol–water partition coefficient (Wildman–Crippen LogP) is 4.06. The third kappa shape index (κ3) is 4.15. The number of sulfone groups is 1. The first kappa shape index (κ1) is 18.0. The van der Waals surface area contributed by atoms with Crippen molar-refractivity contribution >= 4 is 9.84 Å². The van der Waals surface area contributed by atoms with Crippen molar-refractivity contribution in [3.63, 3.8) is 0 Å². The summed E-state index contributed by atoms with van der Waals surface area (Å²) in [6.07, 6.45) is 2.32. The molecule has 0 unspecified atom stereocenters. The average molecular weight is 381 g/mol. The summed E-state index contributed by atoms with van der Waals surface area (Å²) >= 11 is 0. The summed E-state index contributed by atoms with van der Waals surface area (Å²) in [6, 6.07) is 24.3. The Balaban J connectivity index is 1.78. The molecule has 4 nitrogen and oxygen atoms in total. The molecule has 2 heterocycles. The van der Waals surface area contributed by atoms with Gasteiger partial charge in [0, 0.05) is 6.04 Å². The largest absolute Gasteiger partial charge is 0.468 e. The highest BCUT2D eigenvalue weighted by Gasteiger charge is 2.37. The van der Waals surface area contributed by atoms with Crippen molar-refractivity contribution in [2.75, 3.05) is 11.5 Å². The molecule has 2 aromatic carbocycles. The third-order valence-electron chi connectivity index (χ3n) is 5.16. The van der Waals surface area contributed by atoms with E-state index in [9.17, 15) is 8.42 Å². The lowest BCUT2D eigenvalue weighted by Gasteiger charge is -2.36. The van der Waals surface area contributed by atoms with E-state index >= 15 is 0 Å². The van der Waals surface area contributed by atoms with Crippen LogP contribution in [0.5, 0.6) is 0 Å². The molecular formula is C22H23NO3S. The first-order valence-corrected chi connectivity index (χ1v) is 11.0. The van der Waals surface area contributed by atoms with E-state index in [-0.39, 0.29) is 23.6 Å². The molecule has 0 bridgehead atoms. The van der Waals surface area contributed by atoms with Gasteiger partial charge in [0.25, 0.3) is 0 Å². The number of hydrogen-bond donors (Lipinski definition) is 0. The fourth-order valence-electron chi connectivity index (χ4n) is 3.90. The van der Waals surface area contributed by atoms with Crippen LogP contribution in [0, 0.1) is 0 Å². The fourth-order valence-corrected chi connectivity index (χ4v) is 5.64. The highest BCUT2D eigenvalue weighted by atomic mass is 32.2. The maximum Gasteiger partial charge on any atom is 0.151 e. The van der Waals surface area contributed by atoms with Gasteiger partial charge in [-0.2, -0.15) is 0 Å². The Kier molecular flexibility index (Phi) is 5.14. The van der Waals surface area contributed by atoms with Gasteiger partial charge in [-0.25, -0.2) is 8.42 Å². The van der Waals surface area contributed by atoms with E-state index in [1.165, 1.54) is 0 Å². The molecule has 0 N–H and O–H groups in total.